The first kappa shape index (κ1) is 14.4. The molecule has 1 aliphatic heterocycles. The molecule has 0 atom stereocenters. The number of nitrogens with zero attached hydrogens (tertiary/aromatic N) is 1. The predicted octanol–water partition coefficient (Wildman–Crippen LogP) is 1.58. The van der Waals surface area contributed by atoms with Crippen molar-refractivity contribution in [2.24, 2.45) is 5.73 Å². The number of rotatable bonds is 2. The van der Waals surface area contributed by atoms with E-state index in [1.807, 2.05) is 36.9 Å². The molecular weight excluding hydrogens is 254 g/mol. The van der Waals surface area contributed by atoms with Crippen LogP contribution in [0.4, 0.5) is 4.79 Å². The van der Waals surface area contributed by atoms with Crippen molar-refractivity contribution in [2.75, 3.05) is 13.1 Å². The van der Waals surface area contributed by atoms with Crippen molar-refractivity contribution in [3.63, 3.8) is 0 Å². The maximum atomic E-state index is 12.5. The minimum absolute atomic E-state index is 0.0695. The fourth-order valence-electron chi connectivity index (χ4n) is 2.65. The quantitative estimate of drug-likeness (QED) is 0.859. The second-order valence-corrected chi connectivity index (χ2v) is 5.39. The SMILES string of the molecule is Cc1ccc(C(=O)N2CCC(NC(N)=O)CC2)c(C)c1. The van der Waals surface area contributed by atoms with Gasteiger partial charge in [0.05, 0.1) is 0 Å². The first-order valence-electron chi connectivity index (χ1n) is 6.90. The smallest absolute Gasteiger partial charge is 0.312 e. The van der Waals surface area contributed by atoms with Gasteiger partial charge >= 0.3 is 6.03 Å². The Morgan fingerprint density at radius 1 is 1.25 bits per heavy atom. The summed E-state index contributed by atoms with van der Waals surface area (Å²) in [4.78, 5) is 25.1. The number of carbonyl (C=O) groups is 2. The number of benzene rings is 1. The number of likely N-dealkylation sites (tertiary alicyclic amines) is 1. The van der Waals surface area contributed by atoms with Crippen LogP contribution in [0.15, 0.2) is 18.2 Å². The van der Waals surface area contributed by atoms with E-state index in [1.54, 1.807) is 0 Å². The predicted molar refractivity (Wildman–Crippen MR) is 77.6 cm³/mol. The van der Waals surface area contributed by atoms with Crippen LogP contribution < -0.4 is 11.1 Å². The number of nitrogens with two attached hydrogens (primary N) is 1. The van der Waals surface area contributed by atoms with Gasteiger partial charge in [0.2, 0.25) is 0 Å². The topological polar surface area (TPSA) is 75.4 Å². The normalized spacial score (nSPS) is 16.0. The van der Waals surface area contributed by atoms with Crippen molar-refractivity contribution in [3.05, 3.63) is 34.9 Å². The maximum Gasteiger partial charge on any atom is 0.312 e. The molecule has 2 rings (SSSR count). The fraction of sp³-hybridized carbons (Fsp3) is 0.467. The highest BCUT2D eigenvalue weighted by molar-refractivity contribution is 5.95. The molecule has 0 spiro atoms. The number of aryl methyl sites for hydroxylation is 2. The molecule has 1 aliphatic rings. The molecule has 3 amide bonds. The third-order valence-electron chi connectivity index (χ3n) is 3.74. The standard InChI is InChI=1S/C15H21N3O2/c1-10-3-4-13(11(2)9-10)14(19)18-7-5-12(6-8-18)17-15(16)20/h3-4,9,12H,5-8H2,1-2H3,(H3,16,17,20). The average molecular weight is 275 g/mol. The Morgan fingerprint density at radius 2 is 1.90 bits per heavy atom. The Kier molecular flexibility index (Phi) is 4.27. The number of amides is 3. The van der Waals surface area contributed by atoms with Crippen LogP contribution >= 0.6 is 0 Å². The van der Waals surface area contributed by atoms with Crippen LogP contribution in [0.2, 0.25) is 0 Å². The second kappa shape index (κ2) is 5.94. The Hall–Kier alpha value is -2.04. The first-order valence-corrected chi connectivity index (χ1v) is 6.90. The summed E-state index contributed by atoms with van der Waals surface area (Å²) in [7, 11) is 0. The molecule has 0 unspecified atom stereocenters. The summed E-state index contributed by atoms with van der Waals surface area (Å²) >= 11 is 0. The maximum absolute atomic E-state index is 12.5. The lowest BCUT2D eigenvalue weighted by molar-refractivity contribution is 0.0708. The van der Waals surface area contributed by atoms with Crippen molar-refractivity contribution < 1.29 is 9.59 Å². The van der Waals surface area contributed by atoms with E-state index in [0.29, 0.717) is 13.1 Å². The van der Waals surface area contributed by atoms with Gasteiger partial charge in [-0.3, -0.25) is 4.79 Å². The number of carbonyl (C=O) groups excluding carboxylic acids is 2. The lowest BCUT2D eigenvalue weighted by atomic mass is 10.0. The molecule has 1 aromatic rings. The largest absolute Gasteiger partial charge is 0.352 e. The number of piperidine rings is 1. The van der Waals surface area contributed by atoms with Crippen LogP contribution in [0.3, 0.4) is 0 Å². The van der Waals surface area contributed by atoms with Gasteiger partial charge in [-0.2, -0.15) is 0 Å². The van der Waals surface area contributed by atoms with Crippen molar-refractivity contribution in [1.82, 2.24) is 10.2 Å². The number of nitrogens with one attached hydrogen (secondary N) is 1. The third-order valence-corrected chi connectivity index (χ3v) is 3.74. The number of hydrogen-bond donors (Lipinski definition) is 2. The van der Waals surface area contributed by atoms with Crippen molar-refractivity contribution in [3.8, 4) is 0 Å². The zero-order chi connectivity index (χ0) is 14.7. The molecular formula is C15H21N3O2. The molecule has 5 nitrogen and oxygen atoms in total. The molecule has 0 bridgehead atoms. The molecule has 108 valence electrons. The first-order chi connectivity index (χ1) is 9.47. The molecule has 3 N–H and O–H groups in total. The van der Waals surface area contributed by atoms with Gasteiger partial charge in [0.1, 0.15) is 0 Å². The van der Waals surface area contributed by atoms with Gasteiger partial charge in [0.15, 0.2) is 0 Å². The minimum atomic E-state index is -0.496. The average Bonchev–Trinajstić information content (AvgIpc) is 2.38. The second-order valence-electron chi connectivity index (χ2n) is 5.39. The Labute approximate surface area is 119 Å². The molecule has 20 heavy (non-hydrogen) atoms. The van der Waals surface area contributed by atoms with Gasteiger partial charge in [-0.25, -0.2) is 4.79 Å². The van der Waals surface area contributed by atoms with Gasteiger partial charge < -0.3 is 16.0 Å². The van der Waals surface area contributed by atoms with E-state index in [4.69, 9.17) is 5.73 Å². The van der Waals surface area contributed by atoms with Crippen LogP contribution in [0.25, 0.3) is 0 Å². The van der Waals surface area contributed by atoms with Gasteiger partial charge in [-0.15, -0.1) is 0 Å². The number of primary amides is 1. The van der Waals surface area contributed by atoms with E-state index in [0.717, 1.165) is 29.5 Å². The summed E-state index contributed by atoms with van der Waals surface area (Å²) in [5.41, 5.74) is 8.04. The van der Waals surface area contributed by atoms with Crippen molar-refractivity contribution in [2.45, 2.75) is 32.7 Å². The Morgan fingerprint density at radius 3 is 2.45 bits per heavy atom. The molecule has 1 aromatic carbocycles. The molecule has 5 heteroatoms. The Balaban J connectivity index is 1.99. The number of urea groups is 1. The number of hydrogen-bond acceptors (Lipinski definition) is 2. The lowest BCUT2D eigenvalue weighted by Crippen LogP contribution is -2.48. The van der Waals surface area contributed by atoms with E-state index in [2.05, 4.69) is 5.32 Å². The summed E-state index contributed by atoms with van der Waals surface area (Å²) in [5.74, 6) is 0.0695. The molecule has 1 heterocycles. The van der Waals surface area contributed by atoms with Gasteiger partial charge in [-0.05, 0) is 38.3 Å². The van der Waals surface area contributed by atoms with Crippen molar-refractivity contribution in [1.29, 1.82) is 0 Å². The molecule has 0 aliphatic carbocycles. The lowest BCUT2D eigenvalue weighted by Gasteiger charge is -2.32. The zero-order valence-corrected chi connectivity index (χ0v) is 12.0. The highest BCUT2D eigenvalue weighted by atomic mass is 16.2. The monoisotopic (exact) mass is 275 g/mol. The van der Waals surface area contributed by atoms with Crippen LogP contribution in [0.1, 0.15) is 34.3 Å². The van der Waals surface area contributed by atoms with Gasteiger partial charge in [0, 0.05) is 24.7 Å². The van der Waals surface area contributed by atoms with Gasteiger partial charge in [-0.1, -0.05) is 17.7 Å². The van der Waals surface area contributed by atoms with E-state index >= 15 is 0 Å². The summed E-state index contributed by atoms with van der Waals surface area (Å²) in [6.45, 7) is 5.28. The van der Waals surface area contributed by atoms with Crippen molar-refractivity contribution >= 4 is 11.9 Å². The molecule has 0 aromatic heterocycles. The minimum Gasteiger partial charge on any atom is -0.352 e. The van der Waals surface area contributed by atoms with Crippen LogP contribution in [0.5, 0.6) is 0 Å². The summed E-state index contributed by atoms with van der Waals surface area (Å²) in [5, 5.41) is 2.70. The highest BCUT2D eigenvalue weighted by Crippen LogP contribution is 2.17. The Bertz CT molecular complexity index is 520. The van der Waals surface area contributed by atoms with E-state index in [1.165, 1.54) is 0 Å². The molecule has 1 saturated heterocycles. The van der Waals surface area contributed by atoms with E-state index in [-0.39, 0.29) is 11.9 Å². The van der Waals surface area contributed by atoms with Gasteiger partial charge in [0.25, 0.3) is 5.91 Å². The molecule has 0 radical (unpaired) electrons. The third kappa shape index (κ3) is 3.29. The molecule has 1 fully saturated rings. The van der Waals surface area contributed by atoms with Crippen LogP contribution in [-0.4, -0.2) is 36.0 Å². The fourth-order valence-corrected chi connectivity index (χ4v) is 2.65. The van der Waals surface area contributed by atoms with E-state index < -0.39 is 6.03 Å². The van der Waals surface area contributed by atoms with Crippen LogP contribution in [-0.2, 0) is 0 Å². The summed E-state index contributed by atoms with van der Waals surface area (Å²) in [6.07, 6.45) is 1.50. The zero-order valence-electron chi connectivity index (χ0n) is 12.0. The molecule has 0 saturated carbocycles. The summed E-state index contributed by atoms with van der Waals surface area (Å²) in [6, 6.07) is 5.46. The van der Waals surface area contributed by atoms with E-state index in [9.17, 15) is 9.59 Å². The van der Waals surface area contributed by atoms with Crippen LogP contribution in [0, 0.1) is 13.8 Å². The highest BCUT2D eigenvalue weighted by Gasteiger charge is 2.24. The summed E-state index contributed by atoms with van der Waals surface area (Å²) < 4.78 is 0.